The second-order valence-electron chi connectivity index (χ2n) is 5.43. The Hall–Kier alpha value is -1.07. The van der Waals surface area contributed by atoms with E-state index in [0.29, 0.717) is 30.5 Å². The van der Waals surface area contributed by atoms with Crippen LogP contribution in [-0.4, -0.2) is 32.4 Å². The number of nitrogens with zero attached hydrogens (tertiary/aromatic N) is 1. The zero-order valence-electron chi connectivity index (χ0n) is 12.2. The number of hydrogen-bond donors (Lipinski definition) is 0. The minimum atomic E-state index is -3.35. The highest BCUT2D eigenvalue weighted by molar-refractivity contribution is 7.89. The molecule has 0 saturated carbocycles. The highest BCUT2D eigenvalue weighted by Crippen LogP contribution is 2.24. The Morgan fingerprint density at radius 3 is 2.60 bits per heavy atom. The molecule has 2 rings (SSSR count). The summed E-state index contributed by atoms with van der Waals surface area (Å²) in [5, 5.41) is 0. The van der Waals surface area contributed by atoms with Gasteiger partial charge in [0.15, 0.2) is 0 Å². The highest BCUT2D eigenvalue weighted by atomic mass is 32.2. The van der Waals surface area contributed by atoms with Gasteiger partial charge in [0.05, 0.1) is 11.5 Å². The van der Waals surface area contributed by atoms with Crippen LogP contribution in [0.2, 0.25) is 0 Å². The number of sulfonamides is 1. The molecular formula is C15H23NO3S. The van der Waals surface area contributed by atoms with E-state index in [1.807, 2.05) is 6.92 Å². The first-order chi connectivity index (χ1) is 9.54. The quantitative estimate of drug-likeness (QED) is 0.839. The third-order valence-electron chi connectivity index (χ3n) is 3.55. The van der Waals surface area contributed by atoms with Gasteiger partial charge in [-0.15, -0.1) is 0 Å². The summed E-state index contributed by atoms with van der Waals surface area (Å²) >= 11 is 0. The van der Waals surface area contributed by atoms with Crippen molar-refractivity contribution in [2.24, 2.45) is 5.92 Å². The molecule has 1 saturated heterocycles. The zero-order valence-corrected chi connectivity index (χ0v) is 13.0. The summed E-state index contributed by atoms with van der Waals surface area (Å²) in [7, 11) is -3.35. The first-order valence-corrected chi connectivity index (χ1v) is 8.71. The van der Waals surface area contributed by atoms with Crippen LogP contribution in [0.1, 0.15) is 33.1 Å². The minimum Gasteiger partial charge on any atom is -0.494 e. The first kappa shape index (κ1) is 15.3. The van der Waals surface area contributed by atoms with E-state index in [0.717, 1.165) is 25.0 Å². The molecule has 112 valence electrons. The Morgan fingerprint density at radius 2 is 2.00 bits per heavy atom. The fraction of sp³-hybridized carbons (Fsp3) is 0.600. The fourth-order valence-corrected chi connectivity index (χ4v) is 4.04. The van der Waals surface area contributed by atoms with Crippen molar-refractivity contribution < 1.29 is 13.2 Å². The predicted octanol–water partition coefficient (Wildman–Crippen LogP) is 2.90. The van der Waals surface area contributed by atoms with Gasteiger partial charge in [-0.3, -0.25) is 0 Å². The Morgan fingerprint density at radius 1 is 1.30 bits per heavy atom. The molecule has 1 aromatic carbocycles. The summed E-state index contributed by atoms with van der Waals surface area (Å²) in [6.07, 6.45) is 2.99. The second kappa shape index (κ2) is 6.59. The molecule has 1 aliphatic heterocycles. The van der Waals surface area contributed by atoms with Crippen LogP contribution in [0.3, 0.4) is 0 Å². The van der Waals surface area contributed by atoms with Crippen molar-refractivity contribution in [1.29, 1.82) is 0 Å². The minimum absolute atomic E-state index is 0.357. The molecule has 0 aliphatic carbocycles. The molecular weight excluding hydrogens is 274 g/mol. The number of piperidine rings is 1. The summed E-state index contributed by atoms with van der Waals surface area (Å²) in [4.78, 5) is 0.357. The van der Waals surface area contributed by atoms with E-state index < -0.39 is 10.0 Å². The second-order valence-corrected chi connectivity index (χ2v) is 7.37. The van der Waals surface area contributed by atoms with E-state index in [-0.39, 0.29) is 0 Å². The normalized spacial score (nSPS) is 20.8. The van der Waals surface area contributed by atoms with Crippen LogP contribution in [0.15, 0.2) is 29.2 Å². The Labute approximate surface area is 121 Å². The van der Waals surface area contributed by atoms with E-state index in [4.69, 9.17) is 4.74 Å². The SMILES string of the molecule is CCCOc1ccc(S(=O)(=O)N2CCCC(C)C2)cc1. The van der Waals surface area contributed by atoms with Gasteiger partial charge in [-0.2, -0.15) is 4.31 Å². The molecule has 1 unspecified atom stereocenters. The van der Waals surface area contributed by atoms with Crippen molar-refractivity contribution in [1.82, 2.24) is 4.31 Å². The van der Waals surface area contributed by atoms with Crippen LogP contribution in [0.4, 0.5) is 0 Å². The maximum Gasteiger partial charge on any atom is 0.243 e. The topological polar surface area (TPSA) is 46.6 Å². The van der Waals surface area contributed by atoms with E-state index in [1.54, 1.807) is 28.6 Å². The number of hydrogen-bond acceptors (Lipinski definition) is 3. The van der Waals surface area contributed by atoms with Crippen molar-refractivity contribution >= 4 is 10.0 Å². The zero-order chi connectivity index (χ0) is 14.6. The van der Waals surface area contributed by atoms with Crippen molar-refractivity contribution in [2.75, 3.05) is 19.7 Å². The molecule has 0 N–H and O–H groups in total. The van der Waals surface area contributed by atoms with Crippen LogP contribution in [0.5, 0.6) is 5.75 Å². The molecule has 0 aromatic heterocycles. The highest BCUT2D eigenvalue weighted by Gasteiger charge is 2.28. The summed E-state index contributed by atoms with van der Waals surface area (Å²) < 4.78 is 32.2. The first-order valence-electron chi connectivity index (χ1n) is 7.27. The summed E-state index contributed by atoms with van der Waals surface area (Å²) in [5.41, 5.74) is 0. The third kappa shape index (κ3) is 3.52. The van der Waals surface area contributed by atoms with Crippen LogP contribution in [-0.2, 0) is 10.0 Å². The molecule has 4 nitrogen and oxygen atoms in total. The lowest BCUT2D eigenvalue weighted by Crippen LogP contribution is -2.39. The predicted molar refractivity (Wildman–Crippen MR) is 79.4 cm³/mol. The van der Waals surface area contributed by atoms with Crippen LogP contribution >= 0.6 is 0 Å². The summed E-state index contributed by atoms with van der Waals surface area (Å²) in [5.74, 6) is 1.16. The van der Waals surface area contributed by atoms with Crippen molar-refractivity contribution in [3.8, 4) is 5.75 Å². The Kier molecular flexibility index (Phi) is 5.05. The molecule has 1 aromatic rings. The van der Waals surface area contributed by atoms with Gasteiger partial charge in [0.2, 0.25) is 10.0 Å². The molecule has 1 aliphatic rings. The Bertz CT molecular complexity index is 525. The smallest absolute Gasteiger partial charge is 0.243 e. The van der Waals surface area contributed by atoms with Crippen LogP contribution < -0.4 is 4.74 Å². The lowest BCUT2D eigenvalue weighted by atomic mass is 10.0. The molecule has 0 spiro atoms. The van der Waals surface area contributed by atoms with Crippen LogP contribution in [0, 0.1) is 5.92 Å². The lowest BCUT2D eigenvalue weighted by molar-refractivity contribution is 0.281. The van der Waals surface area contributed by atoms with Crippen molar-refractivity contribution in [2.45, 2.75) is 38.0 Å². The average molecular weight is 297 g/mol. The Balaban J connectivity index is 2.12. The van der Waals surface area contributed by atoms with Gasteiger partial charge in [-0.25, -0.2) is 8.42 Å². The van der Waals surface area contributed by atoms with Gasteiger partial charge in [-0.05, 0) is 49.4 Å². The third-order valence-corrected chi connectivity index (χ3v) is 5.43. The molecule has 1 fully saturated rings. The van der Waals surface area contributed by atoms with E-state index in [1.165, 1.54) is 0 Å². The molecule has 0 amide bonds. The number of rotatable bonds is 5. The fourth-order valence-electron chi connectivity index (χ4n) is 2.44. The van der Waals surface area contributed by atoms with Gasteiger partial charge in [0, 0.05) is 13.1 Å². The van der Waals surface area contributed by atoms with Gasteiger partial charge in [0.1, 0.15) is 5.75 Å². The summed E-state index contributed by atoms with van der Waals surface area (Å²) in [6, 6.07) is 6.74. The van der Waals surface area contributed by atoms with Crippen molar-refractivity contribution in [3.63, 3.8) is 0 Å². The van der Waals surface area contributed by atoms with E-state index >= 15 is 0 Å². The van der Waals surface area contributed by atoms with E-state index in [9.17, 15) is 8.42 Å². The molecule has 1 atom stereocenters. The maximum atomic E-state index is 12.5. The molecule has 0 bridgehead atoms. The summed E-state index contributed by atoms with van der Waals surface area (Å²) in [6.45, 7) is 6.03. The van der Waals surface area contributed by atoms with Crippen molar-refractivity contribution in [3.05, 3.63) is 24.3 Å². The van der Waals surface area contributed by atoms with E-state index in [2.05, 4.69) is 6.92 Å². The molecule has 1 heterocycles. The maximum absolute atomic E-state index is 12.5. The van der Waals surface area contributed by atoms with Gasteiger partial charge in [-0.1, -0.05) is 13.8 Å². The molecule has 0 radical (unpaired) electrons. The average Bonchev–Trinajstić information content (AvgIpc) is 2.45. The molecule has 5 heteroatoms. The molecule has 20 heavy (non-hydrogen) atoms. The van der Waals surface area contributed by atoms with Gasteiger partial charge in [0.25, 0.3) is 0 Å². The van der Waals surface area contributed by atoms with Gasteiger partial charge < -0.3 is 4.74 Å². The van der Waals surface area contributed by atoms with Gasteiger partial charge >= 0.3 is 0 Å². The largest absolute Gasteiger partial charge is 0.494 e. The van der Waals surface area contributed by atoms with Crippen LogP contribution in [0.25, 0.3) is 0 Å². The monoisotopic (exact) mass is 297 g/mol. The number of ether oxygens (including phenoxy) is 1. The lowest BCUT2D eigenvalue weighted by Gasteiger charge is -2.30. The standard InChI is InChI=1S/C15H23NO3S/c1-3-11-19-14-6-8-15(9-7-14)20(17,18)16-10-4-5-13(2)12-16/h6-9,13H,3-5,10-12H2,1-2H3. The number of benzene rings is 1.